The van der Waals surface area contributed by atoms with Crippen LogP contribution in [0.4, 0.5) is 8.78 Å². The lowest BCUT2D eigenvalue weighted by Gasteiger charge is -2.31. The van der Waals surface area contributed by atoms with Crippen LogP contribution in [0.25, 0.3) is 0 Å². The number of hydrogen-bond donors (Lipinski definition) is 2. The molecule has 0 unspecified atom stereocenters. The van der Waals surface area contributed by atoms with Crippen LogP contribution in [-0.4, -0.2) is 13.3 Å². The zero-order valence-corrected chi connectivity index (χ0v) is 9.90. The molecule has 0 saturated carbocycles. The van der Waals surface area contributed by atoms with Crippen molar-refractivity contribution in [3.05, 3.63) is 60.2 Å². The minimum absolute atomic E-state index is 0.320. The first kappa shape index (κ1) is 12.8. The van der Waals surface area contributed by atoms with Crippen molar-refractivity contribution in [3.63, 3.8) is 0 Å². The summed E-state index contributed by atoms with van der Waals surface area (Å²) in [7, 11) is -5.45. The monoisotopic (exact) mass is 272 g/mol. The predicted octanol–water partition coefficient (Wildman–Crippen LogP) is 3.15. The molecule has 3 nitrogen and oxygen atoms in total. The van der Waals surface area contributed by atoms with Gasteiger partial charge in [0.25, 0.3) is 0 Å². The van der Waals surface area contributed by atoms with E-state index in [-0.39, 0.29) is 4.90 Å². The lowest BCUT2D eigenvalue weighted by Crippen LogP contribution is -2.31. The fraction of sp³-hybridized carbons (Fsp3) is 0. The minimum atomic E-state index is -5.45. The Morgan fingerprint density at radius 1 is 0.833 bits per heavy atom. The molecule has 2 N–H and O–H groups in total. The highest BCUT2D eigenvalue weighted by molar-refractivity contribution is 8.10. The molecule has 0 atom stereocenters. The third-order valence-corrected chi connectivity index (χ3v) is 4.64. The van der Waals surface area contributed by atoms with Crippen LogP contribution in [0.15, 0.2) is 58.3 Å². The van der Waals surface area contributed by atoms with Gasteiger partial charge in [0.15, 0.2) is 0 Å². The fourth-order valence-electron chi connectivity index (χ4n) is 1.54. The zero-order valence-electron chi connectivity index (χ0n) is 9.09. The van der Waals surface area contributed by atoms with Crippen molar-refractivity contribution in [2.45, 2.75) is 9.79 Å². The first-order valence-corrected chi connectivity index (χ1v) is 6.84. The molecule has 2 rings (SSSR count). The van der Waals surface area contributed by atoms with Crippen LogP contribution in [0.3, 0.4) is 0 Å². The summed E-state index contributed by atoms with van der Waals surface area (Å²) < 4.78 is 58.3. The third-order valence-electron chi connectivity index (χ3n) is 2.43. The summed E-state index contributed by atoms with van der Waals surface area (Å²) in [4.78, 5) is -1.03. The number of rotatable bonds is 2. The van der Waals surface area contributed by atoms with E-state index in [0.717, 1.165) is 0 Å². The van der Waals surface area contributed by atoms with Crippen molar-refractivity contribution >= 4 is 9.63 Å². The Labute approximate surface area is 102 Å². The maximum Gasteiger partial charge on any atom is 0.135 e. The average Bonchev–Trinajstić information content (AvgIpc) is 2.28. The summed E-state index contributed by atoms with van der Waals surface area (Å²) >= 11 is 0. The number of hydrogen-bond acceptors (Lipinski definition) is 1. The third kappa shape index (κ3) is 2.17. The van der Waals surface area contributed by atoms with E-state index in [9.17, 15) is 22.1 Å². The highest BCUT2D eigenvalue weighted by Gasteiger charge is 2.36. The van der Waals surface area contributed by atoms with Crippen molar-refractivity contribution < 1.29 is 22.1 Å². The Kier molecular flexibility index (Phi) is 2.81. The molecule has 0 saturated heterocycles. The molecule has 0 aliphatic heterocycles. The maximum atomic E-state index is 13.1. The molecular weight excluding hydrogens is 262 g/mol. The van der Waals surface area contributed by atoms with Crippen LogP contribution in [0.5, 0.6) is 0 Å². The molecule has 2 aromatic rings. The molecule has 0 aliphatic rings. The van der Waals surface area contributed by atoms with Crippen molar-refractivity contribution in [1.29, 1.82) is 0 Å². The van der Waals surface area contributed by atoms with Crippen molar-refractivity contribution in [3.8, 4) is 0 Å². The normalized spacial score (nSPS) is 13.9. The van der Waals surface area contributed by atoms with E-state index in [1.165, 1.54) is 24.3 Å². The molecule has 18 heavy (non-hydrogen) atoms. The predicted molar refractivity (Wildman–Crippen MR) is 62.7 cm³/mol. The molecular formula is C12H10F2O3S. The topological polar surface area (TPSA) is 57.5 Å². The lowest BCUT2D eigenvalue weighted by atomic mass is 10.3. The van der Waals surface area contributed by atoms with Gasteiger partial charge in [-0.15, -0.1) is 0 Å². The van der Waals surface area contributed by atoms with Gasteiger partial charge in [0.2, 0.25) is 0 Å². The second-order valence-electron chi connectivity index (χ2n) is 3.78. The SMILES string of the molecule is O=S(O)(O)(c1ccccc1)c1cc(F)cc(F)c1. The minimum Gasteiger partial charge on any atom is -0.301 e. The largest absolute Gasteiger partial charge is 0.301 e. The van der Waals surface area contributed by atoms with Crippen LogP contribution >= 0.6 is 0 Å². The molecule has 0 amide bonds. The van der Waals surface area contributed by atoms with Crippen LogP contribution < -0.4 is 0 Å². The Hall–Kier alpha value is -1.63. The highest BCUT2D eigenvalue weighted by Crippen LogP contribution is 2.37. The standard InChI is InChI=1S/C12H10F2O3S/c13-9-6-10(14)8-12(7-9)18(15,16,17)11-4-2-1-3-5-11/h1-8H,(H2,15,16,17). The quantitative estimate of drug-likeness (QED) is 0.883. The molecule has 2 aromatic carbocycles. The van der Waals surface area contributed by atoms with E-state index < -0.39 is 26.2 Å². The molecule has 6 heteroatoms. The molecule has 0 spiro atoms. The van der Waals surface area contributed by atoms with Crippen LogP contribution in [0.2, 0.25) is 0 Å². The van der Waals surface area contributed by atoms with E-state index in [2.05, 4.69) is 0 Å². The smallest absolute Gasteiger partial charge is 0.135 e. The maximum absolute atomic E-state index is 13.1. The van der Waals surface area contributed by atoms with Gasteiger partial charge in [-0.25, -0.2) is 13.0 Å². The molecule has 0 aromatic heterocycles. The van der Waals surface area contributed by atoms with Crippen molar-refractivity contribution in [2.24, 2.45) is 0 Å². The average molecular weight is 272 g/mol. The van der Waals surface area contributed by atoms with Crippen LogP contribution in [0, 0.1) is 11.6 Å². The summed E-state index contributed by atoms with van der Waals surface area (Å²) in [6, 6.07) is 8.68. The Balaban J connectivity index is 2.70. The fourth-order valence-corrected chi connectivity index (χ4v) is 3.11. The molecule has 0 bridgehead atoms. The summed E-state index contributed by atoms with van der Waals surface area (Å²) in [5.41, 5.74) is 0. The van der Waals surface area contributed by atoms with Gasteiger partial charge in [0.05, 0.1) is 9.79 Å². The van der Waals surface area contributed by atoms with Gasteiger partial charge in [-0.2, -0.15) is 0 Å². The molecule has 0 radical (unpaired) electrons. The first-order chi connectivity index (χ1) is 8.28. The zero-order chi connectivity index (χ0) is 13.4. The molecule has 0 fully saturated rings. The Bertz CT molecular complexity index is 629. The summed E-state index contributed by atoms with van der Waals surface area (Å²) in [5.74, 6) is -2.08. The summed E-state index contributed by atoms with van der Waals surface area (Å²) in [5, 5.41) is 0. The van der Waals surface area contributed by atoms with Gasteiger partial charge in [0.1, 0.15) is 21.3 Å². The molecule has 96 valence electrons. The summed E-state index contributed by atoms with van der Waals surface area (Å²) in [6.45, 7) is 0. The van der Waals surface area contributed by atoms with Crippen molar-refractivity contribution in [2.75, 3.05) is 0 Å². The van der Waals surface area contributed by atoms with E-state index in [1.807, 2.05) is 0 Å². The van der Waals surface area contributed by atoms with E-state index in [4.69, 9.17) is 0 Å². The van der Waals surface area contributed by atoms with Gasteiger partial charge < -0.3 is 9.11 Å². The first-order valence-electron chi connectivity index (χ1n) is 4.96. The van der Waals surface area contributed by atoms with E-state index in [1.54, 1.807) is 6.07 Å². The van der Waals surface area contributed by atoms with Gasteiger partial charge in [-0.1, -0.05) is 18.2 Å². The Morgan fingerprint density at radius 2 is 1.33 bits per heavy atom. The molecule has 0 heterocycles. The lowest BCUT2D eigenvalue weighted by molar-refractivity contribution is 0.388. The number of benzene rings is 2. The van der Waals surface area contributed by atoms with Gasteiger partial charge in [-0.3, -0.25) is 0 Å². The molecule has 0 aliphatic carbocycles. The highest BCUT2D eigenvalue weighted by atomic mass is 32.3. The second-order valence-corrected chi connectivity index (χ2v) is 6.45. The second kappa shape index (κ2) is 3.94. The van der Waals surface area contributed by atoms with Crippen molar-refractivity contribution in [1.82, 2.24) is 0 Å². The Morgan fingerprint density at radius 3 is 1.83 bits per heavy atom. The van der Waals surface area contributed by atoms with Gasteiger partial charge in [0, 0.05) is 6.07 Å². The van der Waals surface area contributed by atoms with Crippen LogP contribution in [-0.2, 0) is 9.63 Å². The van der Waals surface area contributed by atoms with Crippen LogP contribution in [0.1, 0.15) is 0 Å². The van der Waals surface area contributed by atoms with Gasteiger partial charge in [-0.05, 0) is 24.3 Å². The van der Waals surface area contributed by atoms with E-state index in [0.29, 0.717) is 18.2 Å². The number of halogens is 2. The van der Waals surface area contributed by atoms with Gasteiger partial charge >= 0.3 is 0 Å². The summed E-state index contributed by atoms with van der Waals surface area (Å²) in [6.07, 6.45) is 0. The van der Waals surface area contributed by atoms with E-state index >= 15 is 0 Å².